The number of fused-ring (bicyclic) bond motifs is 4. The number of nitrogens with zero attached hydrogens (tertiary/aromatic N) is 5. The van der Waals surface area contributed by atoms with Gasteiger partial charge < -0.3 is 20.1 Å². The Balaban J connectivity index is 0.000000296. The van der Waals surface area contributed by atoms with Crippen molar-refractivity contribution in [3.8, 4) is 23.0 Å². The first-order valence-corrected chi connectivity index (χ1v) is 14.8. The Morgan fingerprint density at radius 1 is 1.10 bits per heavy atom. The minimum atomic E-state index is -4.60. The van der Waals surface area contributed by atoms with E-state index >= 15 is 4.39 Å². The lowest BCUT2D eigenvalue weighted by atomic mass is 10.1. The van der Waals surface area contributed by atoms with E-state index < -0.39 is 29.3 Å². The number of methoxy groups -OCH3 is 1. The van der Waals surface area contributed by atoms with E-state index in [9.17, 15) is 22.7 Å². The molecule has 4 unspecified atom stereocenters. The van der Waals surface area contributed by atoms with Gasteiger partial charge in [0.2, 0.25) is 0 Å². The van der Waals surface area contributed by atoms with Crippen LogP contribution >= 0.6 is 11.8 Å². The maximum Gasteiger partial charge on any atom is 0.446 e. The highest BCUT2D eigenvalue weighted by Crippen LogP contribution is 2.44. The molecule has 0 spiro atoms. The van der Waals surface area contributed by atoms with Crippen molar-refractivity contribution >= 4 is 28.5 Å². The molecule has 14 heteroatoms. The number of aromatic hydroxyl groups is 1. The van der Waals surface area contributed by atoms with Crippen molar-refractivity contribution in [1.29, 1.82) is 0 Å². The largest absolute Gasteiger partial charge is 0.508 e. The molecule has 0 saturated carbocycles. The highest BCUT2D eigenvalue weighted by molar-refractivity contribution is 8.00. The summed E-state index contributed by atoms with van der Waals surface area (Å²) in [5.74, 6) is -0.758. The van der Waals surface area contributed by atoms with E-state index in [1.54, 1.807) is 0 Å². The van der Waals surface area contributed by atoms with Gasteiger partial charge in [-0.2, -0.15) is 23.1 Å². The maximum absolute atomic E-state index is 15.7. The van der Waals surface area contributed by atoms with Gasteiger partial charge in [0.15, 0.2) is 5.82 Å². The van der Waals surface area contributed by atoms with E-state index in [1.807, 2.05) is 4.90 Å². The van der Waals surface area contributed by atoms with Crippen LogP contribution in [0.15, 0.2) is 29.3 Å². The molecule has 4 aliphatic heterocycles. The summed E-state index contributed by atoms with van der Waals surface area (Å²) in [7, 11) is 1.36. The van der Waals surface area contributed by atoms with E-state index in [-0.39, 0.29) is 33.4 Å². The molecule has 2 N–H and O–H groups in total. The van der Waals surface area contributed by atoms with Crippen molar-refractivity contribution in [3.05, 3.63) is 30.2 Å². The summed E-state index contributed by atoms with van der Waals surface area (Å²) in [4.78, 5) is 16.7. The number of aromatic nitrogens is 3. The van der Waals surface area contributed by atoms with Crippen LogP contribution in [0.4, 0.5) is 27.8 Å². The van der Waals surface area contributed by atoms with Gasteiger partial charge in [0, 0.05) is 54.4 Å². The molecule has 6 heterocycles. The smallest absolute Gasteiger partial charge is 0.446 e. The van der Waals surface area contributed by atoms with Crippen molar-refractivity contribution in [3.63, 3.8) is 0 Å². The molecule has 7 rings (SSSR count). The Kier molecular flexibility index (Phi) is 8.05. The summed E-state index contributed by atoms with van der Waals surface area (Å²) in [5.41, 5.74) is -5.24. The zero-order chi connectivity index (χ0) is 29.6. The fourth-order valence-corrected chi connectivity index (χ4v) is 7.11. The van der Waals surface area contributed by atoms with Crippen molar-refractivity contribution in [2.45, 2.75) is 66.8 Å². The van der Waals surface area contributed by atoms with Gasteiger partial charge in [-0.15, -0.1) is 0 Å². The van der Waals surface area contributed by atoms with E-state index in [4.69, 9.17) is 4.74 Å². The van der Waals surface area contributed by atoms with Gasteiger partial charge in [0.25, 0.3) is 0 Å². The normalized spacial score (nSPS) is 25.4. The fraction of sp³-hybridized carbons (Fsp3) is 0.536. The van der Waals surface area contributed by atoms with Crippen LogP contribution in [0.5, 0.6) is 11.8 Å². The molecule has 42 heavy (non-hydrogen) atoms. The van der Waals surface area contributed by atoms with Gasteiger partial charge in [-0.1, -0.05) is 0 Å². The zero-order valence-corrected chi connectivity index (χ0v) is 23.7. The number of ether oxygens (including phenoxy) is 1. The molecular weight excluding hydrogens is 579 g/mol. The van der Waals surface area contributed by atoms with Crippen molar-refractivity contribution in [1.82, 2.24) is 25.2 Å². The molecule has 8 nitrogen and oxygen atoms in total. The highest BCUT2D eigenvalue weighted by Gasteiger charge is 2.36. The Hall–Kier alpha value is -2.97. The number of phenols is 1. The molecule has 4 aliphatic rings. The minimum absolute atomic E-state index is 0.0553. The van der Waals surface area contributed by atoms with Gasteiger partial charge in [-0.25, -0.2) is 8.78 Å². The quantitative estimate of drug-likeness (QED) is 0.302. The average molecular weight is 611 g/mol. The maximum atomic E-state index is 15.7. The zero-order valence-electron chi connectivity index (χ0n) is 22.9. The second-order valence-corrected chi connectivity index (χ2v) is 12.2. The number of halogens is 5. The van der Waals surface area contributed by atoms with Gasteiger partial charge in [0.1, 0.15) is 28.9 Å². The number of rotatable bonds is 4. The molecular formula is C28H31F5N6O2S. The first kappa shape index (κ1) is 29.1. The van der Waals surface area contributed by atoms with E-state index in [1.165, 1.54) is 26.1 Å². The fourth-order valence-electron chi connectivity index (χ4n) is 6.46. The SMILES string of the molecule is COc1nc(N2CC3CCC(C2)N3)c2cnc(-c3cc(O)ccc3SC(F)(F)F)c(F)c2n1.FC1CC2CCCN2C1. The Bertz CT molecular complexity index is 1440. The van der Waals surface area contributed by atoms with Crippen LogP contribution in [0.1, 0.15) is 32.1 Å². The van der Waals surface area contributed by atoms with E-state index in [2.05, 4.69) is 25.2 Å². The van der Waals surface area contributed by atoms with Crippen LogP contribution in [-0.4, -0.2) is 88.1 Å². The standard InChI is InChI=1S/C21H19F4N5O2S.C7H12FN/c1-32-20-28-18-14(19(29-20)30-8-10-2-3-11(9-30)27-10)7-26-17(16(18)22)13-6-12(31)4-5-15(13)33-21(23,24)25;8-6-4-7-2-1-3-9(7)5-6/h4-7,10-11,27,31H,2-3,8-9H2,1H3;6-7H,1-5H2. The lowest BCUT2D eigenvalue weighted by Crippen LogP contribution is -2.51. The summed E-state index contributed by atoms with van der Waals surface area (Å²) in [6.45, 7) is 3.21. The third-order valence-corrected chi connectivity index (χ3v) is 9.05. The third kappa shape index (κ3) is 6.06. The topological polar surface area (TPSA) is 86.6 Å². The molecule has 4 saturated heterocycles. The van der Waals surface area contributed by atoms with E-state index in [0.717, 1.165) is 44.0 Å². The molecule has 0 aliphatic carbocycles. The number of alkyl halides is 4. The number of thioether (sulfide) groups is 1. The second-order valence-electron chi connectivity index (χ2n) is 11.1. The molecule has 0 radical (unpaired) electrons. The molecule has 1 aromatic carbocycles. The number of anilines is 1. The molecule has 4 fully saturated rings. The number of hydrogen-bond donors (Lipinski definition) is 2. The molecule has 226 valence electrons. The third-order valence-electron chi connectivity index (χ3n) is 8.25. The van der Waals surface area contributed by atoms with Crippen LogP contribution in [-0.2, 0) is 0 Å². The Morgan fingerprint density at radius 3 is 2.55 bits per heavy atom. The van der Waals surface area contributed by atoms with Crippen LogP contribution in [0.25, 0.3) is 22.2 Å². The predicted molar refractivity (Wildman–Crippen MR) is 149 cm³/mol. The molecule has 4 atom stereocenters. The number of hydrogen-bond acceptors (Lipinski definition) is 9. The molecule has 2 bridgehead atoms. The summed E-state index contributed by atoms with van der Waals surface area (Å²) in [6.07, 6.45) is 6.25. The Morgan fingerprint density at radius 2 is 1.86 bits per heavy atom. The summed E-state index contributed by atoms with van der Waals surface area (Å²) in [6, 6.07) is 4.39. The molecule has 2 aromatic heterocycles. The van der Waals surface area contributed by atoms with Crippen LogP contribution < -0.4 is 15.0 Å². The van der Waals surface area contributed by atoms with Gasteiger partial charge >= 0.3 is 11.5 Å². The number of benzene rings is 1. The first-order chi connectivity index (χ1) is 20.1. The minimum Gasteiger partial charge on any atom is -0.508 e. The van der Waals surface area contributed by atoms with Crippen molar-refractivity contribution < 1.29 is 31.8 Å². The van der Waals surface area contributed by atoms with Crippen LogP contribution in [0.3, 0.4) is 0 Å². The monoisotopic (exact) mass is 610 g/mol. The van der Waals surface area contributed by atoms with Crippen LogP contribution in [0, 0.1) is 5.82 Å². The molecule has 3 aromatic rings. The molecule has 0 amide bonds. The number of piperazine rings is 1. The summed E-state index contributed by atoms with van der Waals surface area (Å²) >= 11 is -0.404. The summed E-state index contributed by atoms with van der Waals surface area (Å²) < 4.78 is 72.7. The number of nitrogens with one attached hydrogen (secondary N) is 1. The lowest BCUT2D eigenvalue weighted by Gasteiger charge is -2.34. The van der Waals surface area contributed by atoms with Gasteiger partial charge in [-0.05, 0) is 68.6 Å². The number of phenolic OH excluding ortho intramolecular Hbond substituents is 1. The van der Waals surface area contributed by atoms with Gasteiger partial charge in [-0.3, -0.25) is 9.88 Å². The summed E-state index contributed by atoms with van der Waals surface area (Å²) in [5, 5.41) is 13.7. The first-order valence-electron chi connectivity index (χ1n) is 14.0. The Labute approximate surface area is 243 Å². The van der Waals surface area contributed by atoms with Crippen molar-refractivity contribution in [2.24, 2.45) is 0 Å². The highest BCUT2D eigenvalue weighted by atomic mass is 32.2. The van der Waals surface area contributed by atoms with Crippen molar-refractivity contribution in [2.75, 3.05) is 38.2 Å². The van der Waals surface area contributed by atoms with Crippen LogP contribution in [0.2, 0.25) is 0 Å². The average Bonchev–Trinajstić information content (AvgIpc) is 3.63. The van der Waals surface area contributed by atoms with Gasteiger partial charge in [0.05, 0.1) is 12.5 Å². The predicted octanol–water partition coefficient (Wildman–Crippen LogP) is 5.29. The second kappa shape index (κ2) is 11.6. The van der Waals surface area contributed by atoms with E-state index in [0.29, 0.717) is 49.0 Å². The lowest BCUT2D eigenvalue weighted by molar-refractivity contribution is -0.0328. The number of pyridine rings is 1.